The van der Waals surface area contributed by atoms with E-state index in [0.717, 1.165) is 17.1 Å². The van der Waals surface area contributed by atoms with Gasteiger partial charge >= 0.3 is 0 Å². The van der Waals surface area contributed by atoms with Crippen molar-refractivity contribution in [3.63, 3.8) is 0 Å². The first-order chi connectivity index (χ1) is 26.5. The van der Waals surface area contributed by atoms with Crippen LogP contribution in [0.4, 0.5) is 17.1 Å². The van der Waals surface area contributed by atoms with E-state index in [1.54, 1.807) is 0 Å². The van der Waals surface area contributed by atoms with Crippen molar-refractivity contribution >= 4 is 70.4 Å². The van der Waals surface area contributed by atoms with E-state index in [1.807, 2.05) is 11.3 Å². The van der Waals surface area contributed by atoms with E-state index in [2.05, 4.69) is 205 Å². The predicted molar refractivity (Wildman–Crippen MR) is 231 cm³/mol. The van der Waals surface area contributed by atoms with Crippen molar-refractivity contribution < 1.29 is 0 Å². The lowest BCUT2D eigenvalue weighted by molar-refractivity contribution is 0.661. The van der Waals surface area contributed by atoms with Gasteiger partial charge in [-0.25, -0.2) is 0 Å². The van der Waals surface area contributed by atoms with E-state index in [0.29, 0.717) is 0 Å². The average molecular weight is 709 g/mol. The second-order valence-corrected chi connectivity index (χ2v) is 16.0. The fraction of sp³-hybridized carbons (Fsp3) is 0.0588. The van der Waals surface area contributed by atoms with Gasteiger partial charge in [-0.15, -0.1) is 11.3 Å². The van der Waals surface area contributed by atoms with E-state index >= 15 is 0 Å². The van der Waals surface area contributed by atoms with Crippen LogP contribution in [0.5, 0.6) is 0 Å². The van der Waals surface area contributed by atoms with Gasteiger partial charge in [0, 0.05) is 59.1 Å². The lowest BCUT2D eigenvalue weighted by atomic mass is 9.82. The first-order valence-corrected chi connectivity index (χ1v) is 19.5. The first kappa shape index (κ1) is 31.1. The van der Waals surface area contributed by atoms with Crippen LogP contribution < -0.4 is 4.90 Å². The summed E-state index contributed by atoms with van der Waals surface area (Å²) in [4.78, 5) is 2.31. The summed E-state index contributed by atoms with van der Waals surface area (Å²) in [6, 6.07) is 66.7. The molecule has 0 N–H and O–H groups in total. The molecule has 2 nitrogen and oxygen atoms in total. The molecule has 2 heterocycles. The maximum atomic E-state index is 2.49. The summed E-state index contributed by atoms with van der Waals surface area (Å²) in [6.45, 7) is 4.74. The van der Waals surface area contributed by atoms with Gasteiger partial charge in [-0.3, -0.25) is 0 Å². The molecule has 0 spiro atoms. The Morgan fingerprint density at radius 1 is 0.463 bits per heavy atom. The van der Waals surface area contributed by atoms with Crippen molar-refractivity contribution in [1.29, 1.82) is 0 Å². The number of nitrogens with zero attached hydrogens (tertiary/aromatic N) is 2. The lowest BCUT2D eigenvalue weighted by Crippen LogP contribution is -2.14. The SMILES string of the molecule is CC1(C)c2ccccc2-c2cc3c(cc21)sc1ccc2c4cc(-c5ccc(N(c6ccccc6)c6ccccc6)cc5)ccc4n(-c4ccccc4)c2c13. The summed E-state index contributed by atoms with van der Waals surface area (Å²) in [5.74, 6) is 0. The Balaban J connectivity index is 1.11. The van der Waals surface area contributed by atoms with Crippen LogP contribution in [0.15, 0.2) is 182 Å². The summed E-state index contributed by atoms with van der Waals surface area (Å²) in [7, 11) is 0. The van der Waals surface area contributed by atoms with Crippen LogP contribution >= 0.6 is 11.3 Å². The molecule has 1 aliphatic rings. The molecule has 0 atom stereocenters. The van der Waals surface area contributed by atoms with Gasteiger partial charge in [0.1, 0.15) is 0 Å². The zero-order valence-corrected chi connectivity index (χ0v) is 30.9. The summed E-state index contributed by atoms with van der Waals surface area (Å²) < 4.78 is 5.17. The van der Waals surface area contributed by atoms with Crippen LogP contribution in [0.1, 0.15) is 25.0 Å². The number of anilines is 3. The van der Waals surface area contributed by atoms with Crippen LogP contribution in [0.3, 0.4) is 0 Å². The maximum absolute atomic E-state index is 2.49. The molecule has 0 unspecified atom stereocenters. The van der Waals surface area contributed by atoms with Gasteiger partial charge in [-0.2, -0.15) is 0 Å². The van der Waals surface area contributed by atoms with Gasteiger partial charge in [-0.05, 0) is 112 Å². The largest absolute Gasteiger partial charge is 0.311 e. The molecule has 8 aromatic carbocycles. The van der Waals surface area contributed by atoms with Gasteiger partial charge in [0.2, 0.25) is 0 Å². The van der Waals surface area contributed by atoms with Crippen molar-refractivity contribution in [3.8, 4) is 27.9 Å². The Kier molecular flexibility index (Phi) is 6.80. The minimum absolute atomic E-state index is 0.0273. The number of hydrogen-bond donors (Lipinski definition) is 0. The zero-order chi connectivity index (χ0) is 36.0. The van der Waals surface area contributed by atoms with E-state index in [9.17, 15) is 0 Å². The smallest absolute Gasteiger partial charge is 0.0634 e. The van der Waals surface area contributed by atoms with E-state index in [1.165, 1.54) is 81.0 Å². The monoisotopic (exact) mass is 708 g/mol. The molecule has 1 aliphatic carbocycles. The minimum Gasteiger partial charge on any atom is -0.311 e. The van der Waals surface area contributed by atoms with Crippen molar-refractivity contribution in [2.45, 2.75) is 19.3 Å². The highest BCUT2D eigenvalue weighted by atomic mass is 32.1. The van der Waals surface area contributed by atoms with Crippen LogP contribution in [-0.4, -0.2) is 4.57 Å². The van der Waals surface area contributed by atoms with Crippen LogP contribution in [0.25, 0.3) is 69.9 Å². The Bertz CT molecular complexity index is 3010. The highest BCUT2D eigenvalue weighted by Gasteiger charge is 2.36. The molecule has 0 aliphatic heterocycles. The lowest BCUT2D eigenvalue weighted by Gasteiger charge is -2.25. The quantitative estimate of drug-likeness (QED) is 0.173. The Labute approximate surface area is 318 Å². The fourth-order valence-corrected chi connectivity index (χ4v) is 10.1. The van der Waals surface area contributed by atoms with Crippen molar-refractivity contribution in [2.75, 3.05) is 4.90 Å². The Morgan fingerprint density at radius 2 is 1.09 bits per heavy atom. The average Bonchev–Trinajstić information content (AvgIpc) is 3.83. The van der Waals surface area contributed by atoms with E-state index in [4.69, 9.17) is 0 Å². The molecule has 0 radical (unpaired) electrons. The van der Waals surface area contributed by atoms with Crippen molar-refractivity contribution in [2.24, 2.45) is 0 Å². The normalized spacial score (nSPS) is 13.1. The molecule has 0 saturated heterocycles. The molecule has 2 aromatic heterocycles. The molecule has 3 heteroatoms. The molecule has 54 heavy (non-hydrogen) atoms. The number of fused-ring (bicyclic) bond motifs is 10. The van der Waals surface area contributed by atoms with Crippen LogP contribution in [0.2, 0.25) is 0 Å². The van der Waals surface area contributed by atoms with Crippen LogP contribution in [-0.2, 0) is 5.41 Å². The number of rotatable bonds is 5. The van der Waals surface area contributed by atoms with Gasteiger partial charge in [-0.1, -0.05) is 117 Å². The molecule has 10 aromatic rings. The highest BCUT2D eigenvalue weighted by Crippen LogP contribution is 2.52. The third-order valence-corrected chi connectivity index (χ3v) is 12.7. The molecule has 256 valence electrons. The molecule has 0 saturated carbocycles. The summed E-state index contributed by atoms with van der Waals surface area (Å²) in [5, 5.41) is 5.22. The summed E-state index contributed by atoms with van der Waals surface area (Å²) in [5.41, 5.74) is 15.0. The zero-order valence-electron chi connectivity index (χ0n) is 30.1. The fourth-order valence-electron chi connectivity index (χ4n) is 8.99. The molecular weight excluding hydrogens is 673 g/mol. The number of aromatic nitrogens is 1. The molecule has 0 amide bonds. The second-order valence-electron chi connectivity index (χ2n) is 15.0. The number of para-hydroxylation sites is 3. The van der Waals surface area contributed by atoms with Gasteiger partial charge < -0.3 is 9.47 Å². The minimum atomic E-state index is -0.0273. The second kappa shape index (κ2) is 11.8. The first-order valence-electron chi connectivity index (χ1n) is 18.7. The van der Waals surface area contributed by atoms with Gasteiger partial charge in [0.15, 0.2) is 0 Å². The number of hydrogen-bond acceptors (Lipinski definition) is 2. The predicted octanol–water partition coefficient (Wildman–Crippen LogP) is 14.6. The maximum Gasteiger partial charge on any atom is 0.0634 e. The Hall–Kier alpha value is -6.42. The number of benzene rings is 8. The third-order valence-electron chi connectivity index (χ3n) is 11.6. The molecule has 0 bridgehead atoms. The number of thiophene rings is 1. The standard InChI is InChI=1S/C51H36N2S/c1-51(2)44-21-13-12-20-39(44)41-31-43-48(32-45(41)51)54-47-29-27-40-42-30-34(24-28-46(42)53(50(40)49(43)47)37-18-10-5-11-19-37)33-22-25-38(26-23-33)52(35-14-6-3-7-15-35)36-16-8-4-9-17-36/h3-32H,1-2H3. The van der Waals surface area contributed by atoms with E-state index in [-0.39, 0.29) is 5.41 Å². The van der Waals surface area contributed by atoms with Crippen LogP contribution in [0, 0.1) is 0 Å². The molecular formula is C51H36N2S. The van der Waals surface area contributed by atoms with E-state index < -0.39 is 0 Å². The topological polar surface area (TPSA) is 8.17 Å². The summed E-state index contributed by atoms with van der Waals surface area (Å²) in [6.07, 6.45) is 0. The molecule has 0 fully saturated rings. The van der Waals surface area contributed by atoms with Gasteiger partial charge in [0.05, 0.1) is 11.0 Å². The Morgan fingerprint density at radius 3 is 1.81 bits per heavy atom. The van der Waals surface area contributed by atoms with Gasteiger partial charge in [0.25, 0.3) is 0 Å². The van der Waals surface area contributed by atoms with Crippen molar-refractivity contribution in [3.05, 3.63) is 193 Å². The third kappa shape index (κ3) is 4.58. The summed E-state index contributed by atoms with van der Waals surface area (Å²) >= 11 is 1.92. The highest BCUT2D eigenvalue weighted by molar-refractivity contribution is 7.26. The van der Waals surface area contributed by atoms with Crippen molar-refractivity contribution in [1.82, 2.24) is 4.57 Å². The molecule has 11 rings (SSSR count).